The number of methoxy groups -OCH3 is 1. The number of nitrogens with zero attached hydrogens (tertiary/aromatic N) is 4. The van der Waals surface area contributed by atoms with Gasteiger partial charge in [0.1, 0.15) is 11.6 Å². The molecule has 8 heteroatoms. The molecule has 1 aliphatic rings. The van der Waals surface area contributed by atoms with Crippen molar-refractivity contribution in [3.05, 3.63) is 54.0 Å². The Morgan fingerprint density at radius 2 is 2.12 bits per heavy atom. The third kappa shape index (κ3) is 4.74. The summed E-state index contributed by atoms with van der Waals surface area (Å²) in [6.45, 7) is 5.41. The van der Waals surface area contributed by atoms with E-state index in [1.807, 2.05) is 50.2 Å². The van der Waals surface area contributed by atoms with Crippen LogP contribution < -0.4 is 15.0 Å². The van der Waals surface area contributed by atoms with Crippen molar-refractivity contribution in [1.82, 2.24) is 20.4 Å². The van der Waals surface area contributed by atoms with E-state index in [9.17, 15) is 4.79 Å². The van der Waals surface area contributed by atoms with Gasteiger partial charge < -0.3 is 19.5 Å². The monoisotopic (exact) mass is 435 g/mol. The number of carbonyl (C=O) groups is 1. The molecule has 1 aliphatic heterocycles. The van der Waals surface area contributed by atoms with Crippen molar-refractivity contribution >= 4 is 11.7 Å². The van der Waals surface area contributed by atoms with Crippen LogP contribution in [0.3, 0.4) is 0 Å². The molecule has 3 aromatic rings. The molecule has 1 amide bonds. The van der Waals surface area contributed by atoms with Crippen LogP contribution in [0.5, 0.6) is 5.75 Å². The number of anilines is 1. The first kappa shape index (κ1) is 21.8. The fourth-order valence-corrected chi connectivity index (χ4v) is 4.02. The Bertz CT molecular complexity index is 1050. The Kier molecular flexibility index (Phi) is 6.68. The maximum absolute atomic E-state index is 13.1. The second kappa shape index (κ2) is 9.80. The van der Waals surface area contributed by atoms with E-state index in [1.54, 1.807) is 13.3 Å². The molecule has 2 atom stereocenters. The molecular formula is C24H29N5O3. The maximum Gasteiger partial charge on any atom is 0.226 e. The van der Waals surface area contributed by atoms with Crippen molar-refractivity contribution in [2.45, 2.75) is 39.2 Å². The van der Waals surface area contributed by atoms with E-state index in [-0.39, 0.29) is 17.9 Å². The first-order valence-electron chi connectivity index (χ1n) is 11.1. The van der Waals surface area contributed by atoms with Gasteiger partial charge in [-0.3, -0.25) is 4.79 Å². The normalized spacial score (nSPS) is 17.1. The molecule has 1 aromatic carbocycles. The summed E-state index contributed by atoms with van der Waals surface area (Å²) in [7, 11) is 1.64. The molecule has 8 nitrogen and oxygen atoms in total. The number of pyridine rings is 1. The number of hydrogen-bond acceptors (Lipinski definition) is 7. The lowest BCUT2D eigenvalue weighted by Gasteiger charge is -2.34. The van der Waals surface area contributed by atoms with Gasteiger partial charge in [-0.15, -0.1) is 0 Å². The fraction of sp³-hybridized carbons (Fsp3) is 0.417. The number of amides is 1. The maximum atomic E-state index is 13.1. The van der Waals surface area contributed by atoms with Crippen molar-refractivity contribution in [2.75, 3.05) is 25.1 Å². The van der Waals surface area contributed by atoms with Crippen molar-refractivity contribution in [1.29, 1.82) is 0 Å². The number of aromatic nitrogens is 3. The number of piperidine rings is 1. The predicted octanol–water partition coefficient (Wildman–Crippen LogP) is 3.80. The lowest BCUT2D eigenvalue weighted by Crippen LogP contribution is -2.44. The van der Waals surface area contributed by atoms with Crippen molar-refractivity contribution in [2.24, 2.45) is 5.92 Å². The van der Waals surface area contributed by atoms with E-state index >= 15 is 0 Å². The topological polar surface area (TPSA) is 93.4 Å². The zero-order valence-corrected chi connectivity index (χ0v) is 18.7. The summed E-state index contributed by atoms with van der Waals surface area (Å²) in [6, 6.07) is 11.5. The summed E-state index contributed by atoms with van der Waals surface area (Å²) in [6.07, 6.45) is 4.20. The molecule has 0 spiro atoms. The number of carbonyl (C=O) groups excluding carboxylic acids is 1. The number of nitrogens with one attached hydrogen (secondary N) is 1. The van der Waals surface area contributed by atoms with Crippen LogP contribution in [-0.4, -0.2) is 41.2 Å². The molecular weight excluding hydrogens is 406 g/mol. The number of rotatable bonds is 7. The molecule has 0 saturated carbocycles. The zero-order valence-electron chi connectivity index (χ0n) is 18.7. The quantitative estimate of drug-likeness (QED) is 0.603. The average Bonchev–Trinajstić information content (AvgIpc) is 3.33. The van der Waals surface area contributed by atoms with Crippen LogP contribution in [0.2, 0.25) is 0 Å². The zero-order chi connectivity index (χ0) is 22.5. The third-order valence-corrected chi connectivity index (χ3v) is 5.86. The molecule has 1 N–H and O–H groups in total. The summed E-state index contributed by atoms with van der Waals surface area (Å²) in [4.78, 5) is 24.3. The molecule has 0 aliphatic carbocycles. The summed E-state index contributed by atoms with van der Waals surface area (Å²) in [5.74, 6) is 2.66. The summed E-state index contributed by atoms with van der Waals surface area (Å²) in [5.41, 5.74) is 1.87. The smallest absolute Gasteiger partial charge is 0.226 e. The van der Waals surface area contributed by atoms with Crippen LogP contribution in [0.4, 0.5) is 5.82 Å². The van der Waals surface area contributed by atoms with E-state index in [0.29, 0.717) is 24.7 Å². The van der Waals surface area contributed by atoms with Gasteiger partial charge in [-0.1, -0.05) is 24.2 Å². The van der Waals surface area contributed by atoms with Crippen LogP contribution in [-0.2, 0) is 11.2 Å². The number of aryl methyl sites for hydroxylation is 1. The number of benzene rings is 1. The molecule has 3 heterocycles. The molecule has 0 radical (unpaired) electrons. The highest BCUT2D eigenvalue weighted by Gasteiger charge is 2.29. The second-order valence-corrected chi connectivity index (χ2v) is 8.03. The fourth-order valence-electron chi connectivity index (χ4n) is 4.02. The molecule has 1 fully saturated rings. The number of hydrogen-bond donors (Lipinski definition) is 1. The van der Waals surface area contributed by atoms with Gasteiger partial charge in [-0.25, -0.2) is 4.98 Å². The Labute approximate surface area is 188 Å². The van der Waals surface area contributed by atoms with Gasteiger partial charge in [0.25, 0.3) is 0 Å². The molecule has 2 aromatic heterocycles. The van der Waals surface area contributed by atoms with E-state index in [1.165, 1.54) is 0 Å². The van der Waals surface area contributed by atoms with Crippen LogP contribution in [0.15, 0.2) is 47.1 Å². The predicted molar refractivity (Wildman–Crippen MR) is 121 cm³/mol. The van der Waals surface area contributed by atoms with E-state index in [0.717, 1.165) is 42.1 Å². The summed E-state index contributed by atoms with van der Waals surface area (Å²) in [5, 5.41) is 7.28. The SMILES string of the molecule is CCc1nc(-c2cccnc2N2CCC[C@H](C(=O)N[C@@H](C)c3ccc(OC)cc3)C2)no1. The standard InChI is InChI=1S/C24H29N5O3/c1-4-21-27-22(28-32-21)20-8-5-13-25-23(20)29-14-6-7-18(15-29)24(30)26-16(2)17-9-11-19(31-3)12-10-17/h5,8-13,16,18H,4,6-7,14-15H2,1-3H3,(H,26,30)/t16-,18-/m0/s1. The first-order chi connectivity index (χ1) is 15.6. The molecule has 0 bridgehead atoms. The highest BCUT2D eigenvalue weighted by atomic mass is 16.5. The van der Waals surface area contributed by atoms with Gasteiger partial charge in [0.15, 0.2) is 0 Å². The molecule has 168 valence electrons. The lowest BCUT2D eigenvalue weighted by atomic mass is 9.96. The van der Waals surface area contributed by atoms with E-state index in [2.05, 4.69) is 25.3 Å². The minimum atomic E-state index is -0.115. The molecule has 4 rings (SSSR count). The minimum absolute atomic E-state index is 0.0586. The highest BCUT2D eigenvalue weighted by Crippen LogP contribution is 2.30. The van der Waals surface area contributed by atoms with Crippen LogP contribution in [0.1, 0.15) is 44.2 Å². The summed E-state index contributed by atoms with van der Waals surface area (Å²) >= 11 is 0. The van der Waals surface area contributed by atoms with Crippen LogP contribution >= 0.6 is 0 Å². The van der Waals surface area contributed by atoms with Gasteiger partial charge in [0.2, 0.25) is 17.6 Å². The summed E-state index contributed by atoms with van der Waals surface area (Å²) < 4.78 is 10.5. The lowest BCUT2D eigenvalue weighted by molar-refractivity contribution is -0.125. The average molecular weight is 436 g/mol. The van der Waals surface area contributed by atoms with Gasteiger partial charge in [-0.05, 0) is 49.6 Å². The van der Waals surface area contributed by atoms with Gasteiger partial charge in [0.05, 0.1) is 24.6 Å². The minimum Gasteiger partial charge on any atom is -0.497 e. The Balaban J connectivity index is 1.46. The first-order valence-corrected chi connectivity index (χ1v) is 11.1. The van der Waals surface area contributed by atoms with Crippen molar-refractivity contribution < 1.29 is 14.1 Å². The Morgan fingerprint density at radius 3 is 2.84 bits per heavy atom. The van der Waals surface area contributed by atoms with Crippen molar-refractivity contribution in [3.8, 4) is 17.1 Å². The number of ether oxygens (including phenoxy) is 1. The third-order valence-electron chi connectivity index (χ3n) is 5.86. The van der Waals surface area contributed by atoms with E-state index < -0.39 is 0 Å². The molecule has 1 saturated heterocycles. The van der Waals surface area contributed by atoms with Crippen LogP contribution in [0.25, 0.3) is 11.4 Å². The van der Waals surface area contributed by atoms with Crippen LogP contribution in [0, 0.1) is 5.92 Å². The highest BCUT2D eigenvalue weighted by molar-refractivity contribution is 5.80. The molecule has 32 heavy (non-hydrogen) atoms. The second-order valence-electron chi connectivity index (χ2n) is 8.03. The van der Waals surface area contributed by atoms with Gasteiger partial charge in [0, 0.05) is 25.7 Å². The largest absolute Gasteiger partial charge is 0.497 e. The Hall–Kier alpha value is -3.42. The van der Waals surface area contributed by atoms with Gasteiger partial charge in [-0.2, -0.15) is 4.98 Å². The van der Waals surface area contributed by atoms with E-state index in [4.69, 9.17) is 9.26 Å². The molecule has 0 unspecified atom stereocenters. The van der Waals surface area contributed by atoms with Crippen molar-refractivity contribution in [3.63, 3.8) is 0 Å². The Morgan fingerprint density at radius 1 is 1.31 bits per heavy atom. The van der Waals surface area contributed by atoms with Gasteiger partial charge >= 0.3 is 0 Å².